The highest BCUT2D eigenvalue weighted by Gasteiger charge is 2.10. The molecule has 0 amide bonds. The molecule has 18 heavy (non-hydrogen) atoms. The van der Waals surface area contributed by atoms with Gasteiger partial charge in [0.1, 0.15) is 0 Å². The molecule has 0 unspecified atom stereocenters. The number of hydrogen-bond donors (Lipinski definition) is 0. The zero-order valence-corrected chi connectivity index (χ0v) is 10.4. The third-order valence-corrected chi connectivity index (χ3v) is 3.18. The zero-order chi connectivity index (χ0) is 13.0. The Morgan fingerprint density at radius 2 is 2.06 bits per heavy atom. The van der Waals surface area contributed by atoms with Gasteiger partial charge in [-0.05, 0) is 43.0 Å². The van der Waals surface area contributed by atoms with Gasteiger partial charge in [0.15, 0.2) is 10.9 Å². The van der Waals surface area contributed by atoms with E-state index in [2.05, 4.69) is 16.0 Å². The Hall–Kier alpha value is -2.19. The second-order valence-corrected chi connectivity index (χ2v) is 4.52. The summed E-state index contributed by atoms with van der Waals surface area (Å²) in [5.74, 6) is -0.0436. The van der Waals surface area contributed by atoms with E-state index >= 15 is 0 Å². The van der Waals surface area contributed by atoms with E-state index in [-0.39, 0.29) is 5.78 Å². The van der Waals surface area contributed by atoms with Crippen LogP contribution in [0.15, 0.2) is 46.7 Å². The fourth-order valence-electron chi connectivity index (χ4n) is 1.40. The Morgan fingerprint density at radius 1 is 1.33 bits per heavy atom. The van der Waals surface area contributed by atoms with Gasteiger partial charge in [-0.25, -0.2) is 9.97 Å². The van der Waals surface area contributed by atoms with Crippen LogP contribution in [0.25, 0.3) is 0 Å². The maximum absolute atomic E-state index is 11.5. The van der Waals surface area contributed by atoms with Crippen molar-refractivity contribution in [3.05, 3.63) is 47.8 Å². The Labute approximate surface area is 109 Å². The van der Waals surface area contributed by atoms with Crippen molar-refractivity contribution in [1.82, 2.24) is 9.97 Å². The normalized spacial score (nSPS) is 9.78. The number of hydrogen-bond acceptors (Lipinski definition) is 5. The molecule has 0 radical (unpaired) electrons. The van der Waals surface area contributed by atoms with Crippen molar-refractivity contribution >= 4 is 17.5 Å². The van der Waals surface area contributed by atoms with Crippen LogP contribution < -0.4 is 0 Å². The van der Waals surface area contributed by atoms with Crippen LogP contribution in [0.3, 0.4) is 0 Å². The number of ketones is 1. The molecule has 0 fully saturated rings. The molecule has 1 aromatic carbocycles. The lowest BCUT2D eigenvalue weighted by molar-refractivity contribution is 0.101. The van der Waals surface area contributed by atoms with Crippen LogP contribution in [0.5, 0.6) is 0 Å². The van der Waals surface area contributed by atoms with Crippen molar-refractivity contribution in [2.24, 2.45) is 0 Å². The van der Waals surface area contributed by atoms with Crippen LogP contribution in [0, 0.1) is 11.3 Å². The summed E-state index contributed by atoms with van der Waals surface area (Å²) in [6, 6.07) is 8.75. The van der Waals surface area contributed by atoms with E-state index in [1.807, 2.05) is 0 Å². The molecule has 0 bridgehead atoms. The second-order valence-electron chi connectivity index (χ2n) is 3.51. The molecular weight excluding hydrogens is 246 g/mol. The Bertz CT molecular complexity index is 620. The van der Waals surface area contributed by atoms with Crippen molar-refractivity contribution in [3.63, 3.8) is 0 Å². The van der Waals surface area contributed by atoms with Crippen molar-refractivity contribution < 1.29 is 4.79 Å². The first-order chi connectivity index (χ1) is 8.70. The largest absolute Gasteiger partial charge is 0.294 e. The average Bonchev–Trinajstić information content (AvgIpc) is 2.39. The minimum Gasteiger partial charge on any atom is -0.294 e. The van der Waals surface area contributed by atoms with Gasteiger partial charge >= 0.3 is 0 Å². The third-order valence-electron chi connectivity index (χ3n) is 2.23. The number of benzene rings is 1. The fourth-order valence-corrected chi connectivity index (χ4v) is 2.34. The van der Waals surface area contributed by atoms with E-state index < -0.39 is 0 Å². The lowest BCUT2D eigenvalue weighted by Crippen LogP contribution is -1.96. The van der Waals surface area contributed by atoms with E-state index in [0.29, 0.717) is 21.2 Å². The molecule has 0 aliphatic carbocycles. The van der Waals surface area contributed by atoms with Gasteiger partial charge in [0.25, 0.3) is 0 Å². The molecule has 2 rings (SSSR count). The van der Waals surface area contributed by atoms with Crippen LogP contribution in [0.2, 0.25) is 0 Å². The Morgan fingerprint density at radius 3 is 2.67 bits per heavy atom. The highest BCUT2D eigenvalue weighted by atomic mass is 32.2. The van der Waals surface area contributed by atoms with Crippen LogP contribution in [0.4, 0.5) is 0 Å². The number of Topliss-reactive ketones (excluding diaryl/α,β-unsaturated/α-hetero) is 1. The van der Waals surface area contributed by atoms with E-state index in [1.165, 1.54) is 18.7 Å². The molecule has 1 aromatic heterocycles. The molecule has 2 aromatic rings. The molecule has 5 heteroatoms. The minimum absolute atomic E-state index is 0.0436. The first kappa shape index (κ1) is 12.3. The first-order valence-corrected chi connectivity index (χ1v) is 6.02. The monoisotopic (exact) mass is 255 g/mol. The standard InChI is InChI=1S/C13H9N3OS/c1-9(17)11-4-3-10(8-14)7-12(11)18-13-15-5-2-6-16-13/h2-7H,1H3. The van der Waals surface area contributed by atoms with E-state index in [9.17, 15) is 4.79 Å². The van der Waals surface area contributed by atoms with Gasteiger partial charge in [-0.2, -0.15) is 5.26 Å². The highest BCUT2D eigenvalue weighted by molar-refractivity contribution is 7.99. The third kappa shape index (κ3) is 2.73. The maximum atomic E-state index is 11.5. The van der Waals surface area contributed by atoms with Gasteiger partial charge in [-0.15, -0.1) is 0 Å². The van der Waals surface area contributed by atoms with Crippen molar-refractivity contribution in [3.8, 4) is 6.07 Å². The lowest BCUT2D eigenvalue weighted by Gasteiger charge is -2.05. The van der Waals surface area contributed by atoms with E-state index in [0.717, 1.165) is 0 Å². The molecule has 4 nitrogen and oxygen atoms in total. The van der Waals surface area contributed by atoms with E-state index in [1.54, 1.807) is 36.7 Å². The number of nitrogens with zero attached hydrogens (tertiary/aromatic N) is 3. The summed E-state index contributed by atoms with van der Waals surface area (Å²) in [5, 5.41) is 9.43. The van der Waals surface area contributed by atoms with Crippen LogP contribution in [-0.2, 0) is 0 Å². The average molecular weight is 255 g/mol. The lowest BCUT2D eigenvalue weighted by atomic mass is 10.1. The Kier molecular flexibility index (Phi) is 3.70. The summed E-state index contributed by atoms with van der Waals surface area (Å²) in [7, 11) is 0. The number of aromatic nitrogens is 2. The smallest absolute Gasteiger partial charge is 0.192 e. The summed E-state index contributed by atoms with van der Waals surface area (Å²) in [4.78, 5) is 20.4. The number of carbonyl (C=O) groups excluding carboxylic acids is 1. The van der Waals surface area contributed by atoms with Crippen molar-refractivity contribution in [2.45, 2.75) is 17.0 Å². The summed E-state index contributed by atoms with van der Waals surface area (Å²) in [5.41, 5.74) is 1.09. The predicted octanol–water partition coefficient (Wildman–Crippen LogP) is 2.70. The predicted molar refractivity (Wildman–Crippen MR) is 67.3 cm³/mol. The van der Waals surface area contributed by atoms with Gasteiger partial charge < -0.3 is 0 Å². The number of rotatable bonds is 3. The fraction of sp³-hybridized carbons (Fsp3) is 0.0769. The summed E-state index contributed by atoms with van der Waals surface area (Å²) >= 11 is 1.28. The molecule has 0 spiro atoms. The molecular formula is C13H9N3OS. The number of carbonyl (C=O) groups is 1. The van der Waals surface area contributed by atoms with Crippen LogP contribution in [0.1, 0.15) is 22.8 Å². The zero-order valence-electron chi connectivity index (χ0n) is 9.62. The molecule has 0 aliphatic heterocycles. The van der Waals surface area contributed by atoms with Gasteiger partial charge in [0.2, 0.25) is 0 Å². The first-order valence-electron chi connectivity index (χ1n) is 5.20. The molecule has 0 saturated carbocycles. The van der Waals surface area contributed by atoms with Crippen molar-refractivity contribution in [2.75, 3.05) is 0 Å². The summed E-state index contributed by atoms with van der Waals surface area (Å²) in [6.07, 6.45) is 3.27. The van der Waals surface area contributed by atoms with Gasteiger partial charge in [0.05, 0.1) is 11.6 Å². The molecule has 0 N–H and O–H groups in total. The van der Waals surface area contributed by atoms with Crippen LogP contribution >= 0.6 is 11.8 Å². The molecule has 88 valence electrons. The van der Waals surface area contributed by atoms with E-state index in [4.69, 9.17) is 5.26 Å². The molecule has 0 aliphatic rings. The molecule has 0 atom stereocenters. The van der Waals surface area contributed by atoms with Crippen molar-refractivity contribution in [1.29, 1.82) is 5.26 Å². The highest BCUT2D eigenvalue weighted by Crippen LogP contribution is 2.28. The molecule has 1 heterocycles. The van der Waals surface area contributed by atoms with Gasteiger partial charge in [-0.1, -0.05) is 0 Å². The summed E-state index contributed by atoms with van der Waals surface area (Å²) in [6.45, 7) is 1.50. The molecule has 0 saturated heterocycles. The van der Waals surface area contributed by atoms with Crippen LogP contribution in [-0.4, -0.2) is 15.8 Å². The van der Waals surface area contributed by atoms with Gasteiger partial charge in [-0.3, -0.25) is 4.79 Å². The topological polar surface area (TPSA) is 66.6 Å². The number of nitriles is 1. The SMILES string of the molecule is CC(=O)c1ccc(C#N)cc1Sc1ncccn1. The second kappa shape index (κ2) is 5.43. The minimum atomic E-state index is -0.0436. The Balaban J connectivity index is 2.42. The quantitative estimate of drug-likeness (QED) is 0.623. The maximum Gasteiger partial charge on any atom is 0.192 e. The van der Waals surface area contributed by atoms with Gasteiger partial charge in [0, 0.05) is 22.9 Å². The summed E-state index contributed by atoms with van der Waals surface area (Å²) < 4.78 is 0.